The average Bonchev–Trinajstić information content (AvgIpc) is 2.78. The van der Waals surface area contributed by atoms with Gasteiger partial charge in [0.05, 0.1) is 10.5 Å². The van der Waals surface area contributed by atoms with E-state index in [0.29, 0.717) is 11.3 Å². The van der Waals surface area contributed by atoms with Crippen molar-refractivity contribution in [2.24, 2.45) is 0 Å². The Bertz CT molecular complexity index is 543. The molecule has 1 aromatic heterocycles. The fraction of sp³-hybridized carbons (Fsp3) is 0.231. The Hall–Kier alpha value is -2.10. The van der Waals surface area contributed by atoms with Crippen molar-refractivity contribution in [3.8, 4) is 11.3 Å². The van der Waals surface area contributed by atoms with Crippen LogP contribution in [0.5, 0.6) is 0 Å². The molecule has 0 aliphatic carbocycles. The van der Waals surface area contributed by atoms with Crippen LogP contribution in [0.4, 0.5) is 5.69 Å². The van der Waals surface area contributed by atoms with Crippen molar-refractivity contribution in [3.63, 3.8) is 0 Å². The van der Waals surface area contributed by atoms with Gasteiger partial charge in [0, 0.05) is 12.0 Å². The molecule has 0 N–H and O–H groups in total. The summed E-state index contributed by atoms with van der Waals surface area (Å²) in [6, 6.07) is 10.2. The van der Waals surface area contributed by atoms with E-state index in [-0.39, 0.29) is 11.6 Å². The summed E-state index contributed by atoms with van der Waals surface area (Å²) in [5, 5.41) is 10.9. The first-order valence-corrected chi connectivity index (χ1v) is 5.43. The van der Waals surface area contributed by atoms with Crippen molar-refractivity contribution in [1.82, 2.24) is 0 Å². The van der Waals surface area contributed by atoms with Crippen LogP contribution in [0.1, 0.15) is 25.5 Å². The zero-order chi connectivity index (χ0) is 12.4. The lowest BCUT2D eigenvalue weighted by Crippen LogP contribution is -1.90. The average molecular weight is 231 g/mol. The van der Waals surface area contributed by atoms with Gasteiger partial charge in [0.15, 0.2) is 0 Å². The number of hydrogen-bond donors (Lipinski definition) is 0. The van der Waals surface area contributed by atoms with Crippen molar-refractivity contribution in [3.05, 3.63) is 52.3 Å². The minimum atomic E-state index is -0.396. The smallest absolute Gasteiger partial charge is 0.280 e. The first-order chi connectivity index (χ1) is 8.09. The molecule has 2 aromatic rings. The van der Waals surface area contributed by atoms with Crippen LogP contribution in [0.2, 0.25) is 0 Å². The molecule has 17 heavy (non-hydrogen) atoms. The van der Waals surface area contributed by atoms with Crippen LogP contribution >= 0.6 is 0 Å². The predicted molar refractivity (Wildman–Crippen MR) is 64.9 cm³/mol. The maximum absolute atomic E-state index is 10.9. The Morgan fingerprint density at radius 2 is 1.88 bits per heavy atom. The Morgan fingerprint density at radius 1 is 1.18 bits per heavy atom. The molecular weight excluding hydrogens is 218 g/mol. The zero-order valence-electron chi connectivity index (χ0n) is 9.71. The van der Waals surface area contributed by atoms with Gasteiger partial charge in [0.25, 0.3) is 5.69 Å². The molecule has 0 bridgehead atoms. The van der Waals surface area contributed by atoms with Gasteiger partial charge in [-0.2, -0.15) is 0 Å². The van der Waals surface area contributed by atoms with Gasteiger partial charge in [-0.05, 0) is 18.2 Å². The third-order valence-electron chi connectivity index (χ3n) is 2.56. The van der Waals surface area contributed by atoms with Gasteiger partial charge in [0.2, 0.25) is 0 Å². The molecule has 0 aliphatic heterocycles. The van der Waals surface area contributed by atoms with Gasteiger partial charge in [-0.25, -0.2) is 0 Å². The van der Waals surface area contributed by atoms with Crippen molar-refractivity contribution in [2.75, 3.05) is 0 Å². The highest BCUT2D eigenvalue weighted by Crippen LogP contribution is 2.32. The van der Waals surface area contributed by atoms with Crippen LogP contribution in [-0.2, 0) is 0 Å². The molecule has 0 aliphatic rings. The second-order valence-electron chi connectivity index (χ2n) is 4.13. The van der Waals surface area contributed by atoms with Crippen LogP contribution < -0.4 is 0 Å². The maximum atomic E-state index is 10.9. The monoisotopic (exact) mass is 231 g/mol. The highest BCUT2D eigenvalue weighted by Gasteiger charge is 2.17. The van der Waals surface area contributed by atoms with Crippen LogP contribution in [0, 0.1) is 10.1 Å². The van der Waals surface area contributed by atoms with Gasteiger partial charge in [-0.3, -0.25) is 10.1 Å². The Balaban J connectivity index is 2.49. The number of nitro benzene ring substituents is 1. The molecule has 4 heteroatoms. The van der Waals surface area contributed by atoms with Crippen molar-refractivity contribution >= 4 is 5.69 Å². The number of nitrogens with zero attached hydrogens (tertiary/aromatic N) is 1. The zero-order valence-corrected chi connectivity index (χ0v) is 9.71. The van der Waals surface area contributed by atoms with Gasteiger partial charge in [0.1, 0.15) is 11.5 Å². The number of benzene rings is 1. The minimum Gasteiger partial charge on any atom is -0.461 e. The molecule has 0 saturated carbocycles. The topological polar surface area (TPSA) is 56.3 Å². The van der Waals surface area contributed by atoms with E-state index in [2.05, 4.69) is 0 Å². The predicted octanol–water partition coefficient (Wildman–Crippen LogP) is 3.98. The molecule has 0 amide bonds. The second kappa shape index (κ2) is 4.41. The summed E-state index contributed by atoms with van der Waals surface area (Å²) in [5.41, 5.74) is 0.585. The number of hydrogen-bond acceptors (Lipinski definition) is 3. The summed E-state index contributed by atoms with van der Waals surface area (Å²) in [6.45, 7) is 4.03. The van der Waals surface area contributed by atoms with E-state index in [1.807, 2.05) is 19.9 Å². The second-order valence-corrected chi connectivity index (χ2v) is 4.13. The quantitative estimate of drug-likeness (QED) is 0.593. The molecular formula is C13H13NO3. The van der Waals surface area contributed by atoms with Crippen LogP contribution in [0.15, 0.2) is 40.8 Å². The largest absolute Gasteiger partial charge is 0.461 e. The highest BCUT2D eigenvalue weighted by atomic mass is 16.6. The van der Waals surface area contributed by atoms with Crippen LogP contribution in [0.3, 0.4) is 0 Å². The number of rotatable bonds is 3. The van der Waals surface area contributed by atoms with Crippen LogP contribution in [-0.4, -0.2) is 4.92 Å². The normalized spacial score (nSPS) is 10.8. The van der Waals surface area contributed by atoms with Crippen molar-refractivity contribution in [1.29, 1.82) is 0 Å². The van der Waals surface area contributed by atoms with E-state index < -0.39 is 4.92 Å². The van der Waals surface area contributed by atoms with Gasteiger partial charge in [-0.15, -0.1) is 0 Å². The Labute approximate surface area is 99.0 Å². The summed E-state index contributed by atoms with van der Waals surface area (Å²) in [4.78, 5) is 10.5. The third-order valence-corrected chi connectivity index (χ3v) is 2.56. The lowest BCUT2D eigenvalue weighted by Gasteiger charge is -2.01. The molecule has 0 atom stereocenters. The van der Waals surface area contributed by atoms with E-state index in [0.717, 1.165) is 5.76 Å². The standard InChI is InChI=1S/C13H13NO3/c1-9(2)12-7-8-13(17-12)10-5-3-4-6-11(10)14(15)16/h3-9H,1-2H3. The SMILES string of the molecule is CC(C)c1ccc(-c2ccccc2[N+](=O)[O-])o1. The minimum absolute atomic E-state index is 0.0668. The first-order valence-electron chi connectivity index (χ1n) is 5.43. The number of nitro groups is 1. The van der Waals surface area contributed by atoms with Crippen molar-refractivity contribution < 1.29 is 9.34 Å². The fourth-order valence-electron chi connectivity index (χ4n) is 1.65. The number of para-hydroxylation sites is 1. The molecule has 1 aromatic carbocycles. The Morgan fingerprint density at radius 3 is 2.47 bits per heavy atom. The lowest BCUT2D eigenvalue weighted by molar-refractivity contribution is -0.384. The molecule has 2 rings (SSSR count). The third kappa shape index (κ3) is 2.20. The molecule has 4 nitrogen and oxygen atoms in total. The lowest BCUT2D eigenvalue weighted by atomic mass is 10.1. The summed E-state index contributed by atoms with van der Waals surface area (Å²) in [5.74, 6) is 1.64. The number of furan rings is 1. The summed E-state index contributed by atoms with van der Waals surface area (Å²) in [7, 11) is 0. The highest BCUT2D eigenvalue weighted by molar-refractivity contribution is 5.69. The summed E-state index contributed by atoms with van der Waals surface area (Å²) < 4.78 is 5.62. The molecule has 0 radical (unpaired) electrons. The van der Waals surface area contributed by atoms with E-state index >= 15 is 0 Å². The van der Waals surface area contributed by atoms with E-state index in [1.54, 1.807) is 24.3 Å². The molecule has 1 heterocycles. The van der Waals surface area contributed by atoms with Crippen LogP contribution in [0.25, 0.3) is 11.3 Å². The molecule has 88 valence electrons. The fourth-order valence-corrected chi connectivity index (χ4v) is 1.65. The molecule has 0 spiro atoms. The van der Waals surface area contributed by atoms with Gasteiger partial charge >= 0.3 is 0 Å². The van der Waals surface area contributed by atoms with E-state index in [9.17, 15) is 10.1 Å². The maximum Gasteiger partial charge on any atom is 0.280 e. The van der Waals surface area contributed by atoms with Gasteiger partial charge in [-0.1, -0.05) is 26.0 Å². The van der Waals surface area contributed by atoms with E-state index in [4.69, 9.17) is 4.42 Å². The molecule has 0 saturated heterocycles. The van der Waals surface area contributed by atoms with Gasteiger partial charge < -0.3 is 4.42 Å². The van der Waals surface area contributed by atoms with E-state index in [1.165, 1.54) is 6.07 Å². The summed E-state index contributed by atoms with van der Waals surface area (Å²) in [6.07, 6.45) is 0. The Kier molecular flexibility index (Phi) is 2.95. The molecule has 0 unspecified atom stereocenters. The summed E-state index contributed by atoms with van der Waals surface area (Å²) >= 11 is 0. The first kappa shape index (κ1) is 11.4. The molecule has 0 fully saturated rings. The van der Waals surface area contributed by atoms with Crippen molar-refractivity contribution in [2.45, 2.75) is 19.8 Å².